The van der Waals surface area contributed by atoms with Gasteiger partial charge in [0.15, 0.2) is 17.1 Å². The smallest absolute Gasteiger partial charge is 0.356 e. The molecular formula is C12H9N3O3. The number of furan rings is 1. The molecule has 0 aliphatic carbocycles. The molecule has 0 unspecified atom stereocenters. The summed E-state index contributed by atoms with van der Waals surface area (Å²) in [7, 11) is 0. The van der Waals surface area contributed by atoms with Crippen LogP contribution >= 0.6 is 0 Å². The number of aromatic carboxylic acids is 1. The molecule has 6 nitrogen and oxygen atoms in total. The van der Waals surface area contributed by atoms with Gasteiger partial charge < -0.3 is 9.52 Å². The number of carbonyl (C=O) groups is 1. The van der Waals surface area contributed by atoms with Gasteiger partial charge in [0, 0.05) is 0 Å². The molecule has 0 atom stereocenters. The molecule has 0 aliphatic rings. The van der Waals surface area contributed by atoms with Crippen molar-refractivity contribution < 1.29 is 14.3 Å². The third-order valence-corrected chi connectivity index (χ3v) is 2.63. The molecule has 0 spiro atoms. The van der Waals surface area contributed by atoms with Crippen LogP contribution in [0.2, 0.25) is 0 Å². The van der Waals surface area contributed by atoms with Crippen LogP contribution in [-0.4, -0.2) is 25.7 Å². The van der Waals surface area contributed by atoms with E-state index in [0.29, 0.717) is 22.8 Å². The largest absolute Gasteiger partial charge is 0.476 e. The highest BCUT2D eigenvalue weighted by Gasteiger charge is 2.17. The molecule has 3 aromatic rings. The predicted molar refractivity (Wildman–Crippen MR) is 62.4 cm³/mol. The summed E-state index contributed by atoms with van der Waals surface area (Å²) in [5.74, 6) is -0.469. The van der Waals surface area contributed by atoms with Gasteiger partial charge in [0.2, 0.25) is 0 Å². The lowest BCUT2D eigenvalue weighted by Crippen LogP contribution is -2.06. The monoisotopic (exact) mass is 243 g/mol. The normalized spacial score (nSPS) is 10.9. The first-order valence-corrected chi connectivity index (χ1v) is 5.30. The molecule has 0 saturated heterocycles. The summed E-state index contributed by atoms with van der Waals surface area (Å²) in [6.45, 7) is 1.64. The maximum absolute atomic E-state index is 11.2. The molecule has 3 rings (SSSR count). The number of hydrogen-bond donors (Lipinski definition) is 1. The Bertz CT molecular complexity index is 728. The number of aromatic nitrogens is 3. The van der Waals surface area contributed by atoms with Crippen molar-refractivity contribution in [3.8, 4) is 11.5 Å². The van der Waals surface area contributed by atoms with Gasteiger partial charge in [-0.25, -0.2) is 14.3 Å². The summed E-state index contributed by atoms with van der Waals surface area (Å²) < 4.78 is 6.55. The Balaban J connectivity index is 2.28. The first kappa shape index (κ1) is 10.5. The quantitative estimate of drug-likeness (QED) is 0.744. The number of nitrogens with zero attached hydrogens (tertiary/aromatic N) is 3. The Kier molecular flexibility index (Phi) is 2.16. The number of carboxylic acid groups (broad SMARTS) is 1. The van der Waals surface area contributed by atoms with Crippen molar-refractivity contribution in [3.63, 3.8) is 0 Å². The highest BCUT2D eigenvalue weighted by Crippen LogP contribution is 2.19. The van der Waals surface area contributed by atoms with Crippen molar-refractivity contribution in [2.45, 2.75) is 6.92 Å². The van der Waals surface area contributed by atoms with Gasteiger partial charge in [-0.05, 0) is 31.2 Å². The summed E-state index contributed by atoms with van der Waals surface area (Å²) in [4.78, 5) is 15.3. The van der Waals surface area contributed by atoms with Gasteiger partial charge in [0.1, 0.15) is 5.69 Å². The number of aryl methyl sites for hydroxylation is 1. The molecule has 90 valence electrons. The number of fused-ring (bicyclic) bond motifs is 1. The second kappa shape index (κ2) is 3.69. The zero-order chi connectivity index (χ0) is 12.7. The van der Waals surface area contributed by atoms with Crippen LogP contribution < -0.4 is 0 Å². The minimum atomic E-state index is -1.05. The van der Waals surface area contributed by atoms with Crippen LogP contribution in [0.5, 0.6) is 0 Å². The molecule has 3 heterocycles. The Hall–Kier alpha value is -2.63. The van der Waals surface area contributed by atoms with Crippen LogP contribution in [-0.2, 0) is 0 Å². The lowest BCUT2D eigenvalue weighted by molar-refractivity contribution is 0.0687. The molecule has 0 fully saturated rings. The van der Waals surface area contributed by atoms with E-state index in [9.17, 15) is 4.79 Å². The minimum Gasteiger partial charge on any atom is -0.476 e. The summed E-state index contributed by atoms with van der Waals surface area (Å²) >= 11 is 0. The van der Waals surface area contributed by atoms with Crippen molar-refractivity contribution in [2.75, 3.05) is 0 Å². The molecule has 3 aromatic heterocycles. The molecular weight excluding hydrogens is 234 g/mol. The number of rotatable bonds is 2. The standard InChI is InChI=1S/C12H9N3O3/c1-7-11(12(16)17)15-10(13-7)5-4-8(14-15)9-3-2-6-18-9/h2-6H,1H3,(H,16,17). The van der Waals surface area contributed by atoms with Gasteiger partial charge in [0.05, 0.1) is 12.0 Å². The van der Waals surface area contributed by atoms with Crippen molar-refractivity contribution in [1.82, 2.24) is 14.6 Å². The Morgan fingerprint density at radius 2 is 2.22 bits per heavy atom. The fraction of sp³-hybridized carbons (Fsp3) is 0.0833. The van der Waals surface area contributed by atoms with E-state index in [-0.39, 0.29) is 5.69 Å². The predicted octanol–water partition coefficient (Wildman–Crippen LogP) is 2.00. The third kappa shape index (κ3) is 1.46. The molecule has 0 aromatic carbocycles. The van der Waals surface area contributed by atoms with Gasteiger partial charge >= 0.3 is 5.97 Å². The van der Waals surface area contributed by atoms with E-state index >= 15 is 0 Å². The van der Waals surface area contributed by atoms with E-state index in [1.165, 1.54) is 4.52 Å². The van der Waals surface area contributed by atoms with Crippen molar-refractivity contribution in [3.05, 3.63) is 41.9 Å². The summed E-state index contributed by atoms with van der Waals surface area (Å²) in [5, 5.41) is 13.4. The lowest BCUT2D eigenvalue weighted by atomic mass is 10.3. The Morgan fingerprint density at radius 1 is 1.39 bits per heavy atom. The van der Waals surface area contributed by atoms with E-state index < -0.39 is 5.97 Å². The summed E-state index contributed by atoms with van der Waals surface area (Å²) in [6, 6.07) is 6.97. The second-order valence-electron chi connectivity index (χ2n) is 3.82. The fourth-order valence-electron chi connectivity index (χ4n) is 1.84. The first-order valence-electron chi connectivity index (χ1n) is 5.30. The Morgan fingerprint density at radius 3 is 2.89 bits per heavy atom. The summed E-state index contributed by atoms with van der Waals surface area (Å²) in [6.07, 6.45) is 1.54. The van der Waals surface area contributed by atoms with E-state index in [1.54, 1.807) is 37.5 Å². The van der Waals surface area contributed by atoms with E-state index in [2.05, 4.69) is 10.1 Å². The van der Waals surface area contributed by atoms with Crippen LogP contribution in [0, 0.1) is 6.92 Å². The van der Waals surface area contributed by atoms with Crippen LogP contribution in [0.15, 0.2) is 34.9 Å². The lowest BCUT2D eigenvalue weighted by Gasteiger charge is -1.99. The van der Waals surface area contributed by atoms with E-state index in [4.69, 9.17) is 9.52 Å². The molecule has 0 amide bonds. The topological polar surface area (TPSA) is 80.6 Å². The third-order valence-electron chi connectivity index (χ3n) is 2.63. The average molecular weight is 243 g/mol. The van der Waals surface area contributed by atoms with Gasteiger partial charge in [-0.2, -0.15) is 5.10 Å². The maximum atomic E-state index is 11.2. The van der Waals surface area contributed by atoms with Crippen LogP contribution in [0.3, 0.4) is 0 Å². The van der Waals surface area contributed by atoms with Gasteiger partial charge in [0.25, 0.3) is 0 Å². The summed E-state index contributed by atoms with van der Waals surface area (Å²) in [5.41, 5.74) is 1.57. The molecule has 0 saturated carbocycles. The molecule has 0 aliphatic heterocycles. The minimum absolute atomic E-state index is 0.0680. The number of imidazole rings is 1. The Labute approximate surface area is 101 Å². The zero-order valence-electron chi connectivity index (χ0n) is 9.49. The second-order valence-corrected chi connectivity index (χ2v) is 3.82. The van der Waals surface area contributed by atoms with Gasteiger partial charge in [-0.3, -0.25) is 0 Å². The molecule has 0 bridgehead atoms. The number of carboxylic acids is 1. The highest BCUT2D eigenvalue weighted by molar-refractivity contribution is 5.88. The first-order chi connectivity index (χ1) is 8.66. The van der Waals surface area contributed by atoms with E-state index in [1.807, 2.05) is 0 Å². The van der Waals surface area contributed by atoms with Crippen molar-refractivity contribution in [1.29, 1.82) is 0 Å². The molecule has 0 radical (unpaired) electrons. The fourth-order valence-corrected chi connectivity index (χ4v) is 1.84. The van der Waals surface area contributed by atoms with E-state index in [0.717, 1.165) is 0 Å². The van der Waals surface area contributed by atoms with Crippen molar-refractivity contribution in [2.24, 2.45) is 0 Å². The van der Waals surface area contributed by atoms with Crippen LogP contribution in [0.4, 0.5) is 0 Å². The SMILES string of the molecule is Cc1nc2ccc(-c3ccco3)nn2c1C(=O)O. The highest BCUT2D eigenvalue weighted by atomic mass is 16.4. The van der Waals surface area contributed by atoms with Crippen LogP contribution in [0.25, 0.3) is 17.1 Å². The molecule has 1 N–H and O–H groups in total. The van der Waals surface area contributed by atoms with Gasteiger partial charge in [-0.1, -0.05) is 0 Å². The van der Waals surface area contributed by atoms with Gasteiger partial charge in [-0.15, -0.1) is 0 Å². The van der Waals surface area contributed by atoms with Crippen LogP contribution in [0.1, 0.15) is 16.2 Å². The number of hydrogen-bond acceptors (Lipinski definition) is 4. The average Bonchev–Trinajstić information content (AvgIpc) is 2.92. The van der Waals surface area contributed by atoms with Crippen molar-refractivity contribution >= 4 is 11.6 Å². The zero-order valence-corrected chi connectivity index (χ0v) is 9.49. The molecule has 18 heavy (non-hydrogen) atoms. The maximum Gasteiger partial charge on any atom is 0.356 e. The molecule has 6 heteroatoms.